The second kappa shape index (κ2) is 7.49. The molecule has 2 rings (SSSR count). The van der Waals surface area contributed by atoms with E-state index in [9.17, 15) is 9.18 Å². The Morgan fingerprint density at radius 1 is 1.23 bits per heavy atom. The van der Waals surface area contributed by atoms with E-state index in [0.717, 1.165) is 12.0 Å². The van der Waals surface area contributed by atoms with Gasteiger partial charge in [0.2, 0.25) is 0 Å². The number of hydrogen-bond acceptors (Lipinski definition) is 4. The van der Waals surface area contributed by atoms with Crippen molar-refractivity contribution in [1.82, 2.24) is 15.3 Å². The third kappa shape index (κ3) is 4.51. The summed E-state index contributed by atoms with van der Waals surface area (Å²) in [6, 6.07) is 6.31. The van der Waals surface area contributed by atoms with E-state index < -0.39 is 0 Å². The van der Waals surface area contributed by atoms with Crippen molar-refractivity contribution in [2.24, 2.45) is 0 Å². The molecule has 0 aliphatic rings. The van der Waals surface area contributed by atoms with Crippen molar-refractivity contribution in [3.63, 3.8) is 0 Å². The number of halogens is 1. The predicted octanol–water partition coefficient (Wildman–Crippen LogP) is 2.76. The van der Waals surface area contributed by atoms with Crippen molar-refractivity contribution in [2.45, 2.75) is 32.9 Å². The Morgan fingerprint density at radius 3 is 2.55 bits per heavy atom. The van der Waals surface area contributed by atoms with Crippen LogP contribution >= 0.6 is 0 Å². The molecular formula is C16H19FN4O. The molecule has 1 atom stereocenters. The minimum absolute atomic E-state index is 0.102. The number of nitrogens with zero attached hydrogens (tertiary/aromatic N) is 2. The van der Waals surface area contributed by atoms with Crippen molar-refractivity contribution < 1.29 is 9.18 Å². The van der Waals surface area contributed by atoms with Crippen LogP contribution in [0.25, 0.3) is 0 Å². The van der Waals surface area contributed by atoms with Gasteiger partial charge in [0.25, 0.3) is 5.91 Å². The summed E-state index contributed by atoms with van der Waals surface area (Å²) in [6.07, 6.45) is 3.80. The normalized spacial score (nSPS) is 11.8. The molecule has 0 aliphatic heterocycles. The van der Waals surface area contributed by atoms with Crippen LogP contribution in [0.5, 0.6) is 0 Å². The number of aromatic nitrogens is 2. The molecule has 1 heterocycles. The van der Waals surface area contributed by atoms with Crippen molar-refractivity contribution in [2.75, 3.05) is 5.32 Å². The fraction of sp³-hybridized carbons (Fsp3) is 0.312. The number of rotatable bonds is 6. The molecule has 116 valence electrons. The van der Waals surface area contributed by atoms with Crippen LogP contribution in [0.3, 0.4) is 0 Å². The molecule has 1 aromatic heterocycles. The fourth-order valence-electron chi connectivity index (χ4n) is 1.73. The van der Waals surface area contributed by atoms with Crippen molar-refractivity contribution in [1.29, 1.82) is 0 Å². The maximum Gasteiger partial charge on any atom is 0.271 e. The lowest BCUT2D eigenvalue weighted by Crippen LogP contribution is -2.32. The van der Waals surface area contributed by atoms with E-state index in [1.807, 2.05) is 13.8 Å². The molecule has 0 saturated heterocycles. The van der Waals surface area contributed by atoms with Gasteiger partial charge in [0.15, 0.2) is 0 Å². The van der Waals surface area contributed by atoms with Gasteiger partial charge >= 0.3 is 0 Å². The number of benzene rings is 1. The number of nitrogens with one attached hydrogen (secondary N) is 2. The Kier molecular flexibility index (Phi) is 5.41. The Morgan fingerprint density at radius 2 is 1.95 bits per heavy atom. The van der Waals surface area contributed by atoms with Crippen LogP contribution < -0.4 is 10.6 Å². The number of amides is 1. The van der Waals surface area contributed by atoms with E-state index in [1.54, 1.807) is 12.1 Å². The van der Waals surface area contributed by atoms with Crippen molar-refractivity contribution in [3.8, 4) is 0 Å². The van der Waals surface area contributed by atoms with Gasteiger partial charge in [-0.25, -0.2) is 14.4 Å². The van der Waals surface area contributed by atoms with Crippen LogP contribution in [0.2, 0.25) is 0 Å². The Balaban J connectivity index is 1.91. The van der Waals surface area contributed by atoms with E-state index >= 15 is 0 Å². The average Bonchev–Trinajstić information content (AvgIpc) is 2.54. The summed E-state index contributed by atoms with van der Waals surface area (Å²) >= 11 is 0. The number of carbonyl (C=O) groups excluding carboxylic acids is 1. The highest BCUT2D eigenvalue weighted by molar-refractivity contribution is 5.92. The van der Waals surface area contributed by atoms with E-state index in [1.165, 1.54) is 24.5 Å². The van der Waals surface area contributed by atoms with Crippen LogP contribution in [0, 0.1) is 5.82 Å². The second-order valence-electron chi connectivity index (χ2n) is 5.05. The minimum atomic E-state index is -0.264. The Hall–Kier alpha value is -2.50. The highest BCUT2D eigenvalue weighted by Crippen LogP contribution is 2.07. The molecule has 2 N–H and O–H groups in total. The first-order chi connectivity index (χ1) is 10.6. The van der Waals surface area contributed by atoms with E-state index in [-0.39, 0.29) is 23.5 Å². The quantitative estimate of drug-likeness (QED) is 0.861. The summed E-state index contributed by atoms with van der Waals surface area (Å²) in [7, 11) is 0. The fourth-order valence-corrected chi connectivity index (χ4v) is 1.73. The summed E-state index contributed by atoms with van der Waals surface area (Å²) < 4.78 is 12.8. The molecule has 1 unspecified atom stereocenters. The molecular weight excluding hydrogens is 283 g/mol. The molecule has 0 radical (unpaired) electrons. The number of hydrogen-bond donors (Lipinski definition) is 2. The van der Waals surface area contributed by atoms with Gasteiger partial charge in [0, 0.05) is 12.6 Å². The largest absolute Gasteiger partial charge is 0.365 e. The molecule has 2 aromatic rings. The third-order valence-electron chi connectivity index (χ3n) is 3.26. The average molecular weight is 302 g/mol. The smallest absolute Gasteiger partial charge is 0.271 e. The summed E-state index contributed by atoms with van der Waals surface area (Å²) in [5.41, 5.74) is 1.22. The zero-order chi connectivity index (χ0) is 15.9. The van der Waals surface area contributed by atoms with Crippen LogP contribution in [0.4, 0.5) is 10.2 Å². The Bertz CT molecular complexity index is 613. The highest BCUT2D eigenvalue weighted by Gasteiger charge is 2.10. The summed E-state index contributed by atoms with van der Waals surface area (Å²) in [6.45, 7) is 4.44. The van der Waals surface area contributed by atoms with Gasteiger partial charge < -0.3 is 10.6 Å². The maximum atomic E-state index is 12.8. The first-order valence-corrected chi connectivity index (χ1v) is 7.19. The van der Waals surface area contributed by atoms with Gasteiger partial charge in [-0.15, -0.1) is 0 Å². The van der Waals surface area contributed by atoms with Crippen molar-refractivity contribution in [3.05, 3.63) is 53.7 Å². The molecule has 0 saturated carbocycles. The first-order valence-electron chi connectivity index (χ1n) is 7.19. The summed E-state index contributed by atoms with van der Waals surface area (Å²) in [5.74, 6) is 0.0663. The molecule has 1 aromatic carbocycles. The minimum Gasteiger partial charge on any atom is -0.365 e. The Labute approximate surface area is 129 Å². The zero-order valence-electron chi connectivity index (χ0n) is 12.6. The molecule has 5 nitrogen and oxygen atoms in total. The molecule has 0 spiro atoms. The highest BCUT2D eigenvalue weighted by atomic mass is 19.1. The van der Waals surface area contributed by atoms with E-state index in [2.05, 4.69) is 20.6 Å². The van der Waals surface area contributed by atoms with Gasteiger partial charge in [-0.1, -0.05) is 19.1 Å². The molecule has 1 amide bonds. The molecule has 6 heteroatoms. The van der Waals surface area contributed by atoms with Gasteiger partial charge in [-0.3, -0.25) is 4.79 Å². The molecule has 22 heavy (non-hydrogen) atoms. The van der Waals surface area contributed by atoms with Gasteiger partial charge in [-0.2, -0.15) is 0 Å². The predicted molar refractivity (Wildman–Crippen MR) is 83.0 cm³/mol. The second-order valence-corrected chi connectivity index (χ2v) is 5.05. The van der Waals surface area contributed by atoms with E-state index in [0.29, 0.717) is 12.4 Å². The van der Waals surface area contributed by atoms with Gasteiger partial charge in [0.05, 0.1) is 12.4 Å². The molecule has 0 bridgehead atoms. The summed E-state index contributed by atoms with van der Waals surface area (Å²) in [5, 5.41) is 5.90. The van der Waals surface area contributed by atoms with Crippen molar-refractivity contribution >= 4 is 11.7 Å². The lowest BCUT2D eigenvalue weighted by Gasteiger charge is -2.11. The van der Waals surface area contributed by atoms with E-state index in [4.69, 9.17) is 0 Å². The maximum absolute atomic E-state index is 12.8. The van der Waals surface area contributed by atoms with Crippen LogP contribution in [0.15, 0.2) is 36.7 Å². The van der Waals surface area contributed by atoms with Crippen LogP contribution in [-0.2, 0) is 6.54 Å². The van der Waals surface area contributed by atoms with Crippen LogP contribution in [0.1, 0.15) is 36.3 Å². The summed E-state index contributed by atoms with van der Waals surface area (Å²) in [4.78, 5) is 20.1. The number of carbonyl (C=O) groups is 1. The number of anilines is 1. The SMILES string of the molecule is CCC(C)NC(=O)c1cnc(NCc2ccc(F)cc2)cn1. The molecule has 0 fully saturated rings. The lowest BCUT2D eigenvalue weighted by molar-refractivity contribution is 0.0934. The lowest BCUT2D eigenvalue weighted by atomic mass is 10.2. The third-order valence-corrected chi connectivity index (χ3v) is 3.26. The first kappa shape index (κ1) is 15.9. The van der Waals surface area contributed by atoms with Gasteiger partial charge in [-0.05, 0) is 31.0 Å². The van der Waals surface area contributed by atoms with Gasteiger partial charge in [0.1, 0.15) is 17.3 Å². The molecule has 0 aliphatic carbocycles. The standard InChI is InChI=1S/C16H19FN4O/c1-3-11(2)21-16(22)14-9-20-15(10-18-14)19-8-12-4-6-13(17)7-5-12/h4-7,9-11H,3,8H2,1-2H3,(H,19,20)(H,21,22). The monoisotopic (exact) mass is 302 g/mol. The topological polar surface area (TPSA) is 66.9 Å². The van der Waals surface area contributed by atoms with Crippen LogP contribution in [-0.4, -0.2) is 21.9 Å². The zero-order valence-corrected chi connectivity index (χ0v) is 12.6.